The number of hydrogen-bond acceptors (Lipinski definition) is 6. The summed E-state index contributed by atoms with van der Waals surface area (Å²) in [7, 11) is 1.51. The van der Waals surface area contributed by atoms with Crippen molar-refractivity contribution in [1.82, 2.24) is 14.5 Å². The molecule has 20 heavy (non-hydrogen) atoms. The highest BCUT2D eigenvalue weighted by molar-refractivity contribution is 5.53. The molecule has 0 aliphatic rings. The molecule has 1 N–H and O–H groups in total. The third kappa shape index (κ3) is 2.45. The first-order chi connectivity index (χ1) is 9.45. The van der Waals surface area contributed by atoms with Crippen LogP contribution in [0.1, 0.15) is 31.3 Å². The fourth-order valence-electron chi connectivity index (χ4n) is 2.07. The molecule has 7 nitrogen and oxygen atoms in total. The Morgan fingerprint density at radius 2 is 2.15 bits per heavy atom. The largest absolute Gasteiger partial charge is 0.732 e. The molecule has 0 bridgehead atoms. The molecule has 0 amide bonds. The Hall–Kier alpha value is -2.12. The number of ether oxygens (including phenoxy) is 1. The third-order valence-electron chi connectivity index (χ3n) is 2.96. The first kappa shape index (κ1) is 14.3. The summed E-state index contributed by atoms with van der Waals surface area (Å²) in [6.07, 6.45) is 1.57. The molecule has 7 heteroatoms. The van der Waals surface area contributed by atoms with E-state index >= 15 is 0 Å². The molecule has 2 aromatic heterocycles. The molecular weight excluding hydrogens is 260 g/mol. The van der Waals surface area contributed by atoms with Gasteiger partial charge < -0.3 is 15.2 Å². The number of methoxy groups -OCH3 is 1. The second kappa shape index (κ2) is 5.48. The monoisotopic (exact) mass is 277 g/mol. The first-order valence-electron chi connectivity index (χ1n) is 6.21. The Bertz CT molecular complexity index is 608. The van der Waals surface area contributed by atoms with E-state index in [9.17, 15) is 10.4 Å². The van der Waals surface area contributed by atoms with E-state index in [0.717, 1.165) is 0 Å². The fraction of sp³-hybridized carbons (Fsp3) is 0.385. The molecule has 0 saturated heterocycles. The smallest absolute Gasteiger partial charge is 0.215 e. The minimum atomic E-state index is -0.151. The maximum atomic E-state index is 11.5. The summed E-state index contributed by atoms with van der Waals surface area (Å²) in [4.78, 5) is 8.38. The van der Waals surface area contributed by atoms with Crippen molar-refractivity contribution in [3.05, 3.63) is 35.1 Å². The molecule has 0 spiro atoms. The van der Waals surface area contributed by atoms with Crippen LogP contribution in [0.2, 0.25) is 0 Å². The SMILES string of the molecule is COc1cc(-n2c(C)nc(C(C)C)c2N([O-])O)ccn1. The minimum absolute atomic E-state index is 0.0114. The average Bonchev–Trinajstić information content (AvgIpc) is 2.77. The lowest BCUT2D eigenvalue weighted by Gasteiger charge is -2.25. The number of imidazole rings is 1. The fourth-order valence-corrected chi connectivity index (χ4v) is 2.07. The Morgan fingerprint density at radius 3 is 2.70 bits per heavy atom. The Balaban J connectivity index is 2.66. The van der Waals surface area contributed by atoms with Gasteiger partial charge in [-0.2, -0.15) is 0 Å². The molecule has 0 radical (unpaired) electrons. The van der Waals surface area contributed by atoms with E-state index in [1.807, 2.05) is 13.8 Å². The molecule has 2 aromatic rings. The highest BCUT2D eigenvalue weighted by atomic mass is 16.8. The predicted octanol–water partition coefficient (Wildman–Crippen LogP) is 2.40. The van der Waals surface area contributed by atoms with Crippen molar-refractivity contribution in [1.29, 1.82) is 0 Å². The summed E-state index contributed by atoms with van der Waals surface area (Å²) < 4.78 is 6.65. The van der Waals surface area contributed by atoms with Crippen LogP contribution in [0.3, 0.4) is 0 Å². The van der Waals surface area contributed by atoms with Gasteiger partial charge in [-0.1, -0.05) is 13.8 Å². The van der Waals surface area contributed by atoms with Crippen molar-refractivity contribution >= 4 is 5.82 Å². The summed E-state index contributed by atoms with van der Waals surface area (Å²) >= 11 is 0. The Morgan fingerprint density at radius 1 is 1.45 bits per heavy atom. The number of nitrogens with zero attached hydrogens (tertiary/aromatic N) is 4. The Labute approximate surface area is 117 Å². The van der Waals surface area contributed by atoms with E-state index < -0.39 is 0 Å². The van der Waals surface area contributed by atoms with Crippen molar-refractivity contribution in [2.75, 3.05) is 12.3 Å². The first-order valence-corrected chi connectivity index (χ1v) is 6.21. The van der Waals surface area contributed by atoms with Crippen LogP contribution in [-0.4, -0.2) is 26.9 Å². The molecule has 0 atom stereocenters. The second-order valence-corrected chi connectivity index (χ2v) is 4.69. The van der Waals surface area contributed by atoms with Crippen LogP contribution in [0.25, 0.3) is 5.69 Å². The van der Waals surface area contributed by atoms with Gasteiger partial charge in [-0.05, 0) is 18.9 Å². The summed E-state index contributed by atoms with van der Waals surface area (Å²) in [5, 5.41) is 20.8. The lowest BCUT2D eigenvalue weighted by molar-refractivity contribution is 0.290. The van der Waals surface area contributed by atoms with E-state index in [2.05, 4.69) is 9.97 Å². The molecule has 2 rings (SSSR count). The van der Waals surface area contributed by atoms with Gasteiger partial charge in [0.05, 0.1) is 18.5 Å². The number of anilines is 1. The summed E-state index contributed by atoms with van der Waals surface area (Å²) in [6, 6.07) is 3.39. The van der Waals surface area contributed by atoms with Gasteiger partial charge in [0, 0.05) is 12.3 Å². The quantitative estimate of drug-likeness (QED) is 0.863. The summed E-state index contributed by atoms with van der Waals surface area (Å²) in [5.41, 5.74) is 1.19. The van der Waals surface area contributed by atoms with Crippen LogP contribution >= 0.6 is 0 Å². The van der Waals surface area contributed by atoms with Gasteiger partial charge in [-0.3, -0.25) is 9.77 Å². The van der Waals surface area contributed by atoms with Crippen molar-refractivity contribution in [3.8, 4) is 11.6 Å². The van der Waals surface area contributed by atoms with Crippen LogP contribution in [0.15, 0.2) is 18.3 Å². The van der Waals surface area contributed by atoms with Crippen LogP contribution in [0.4, 0.5) is 5.82 Å². The standard InChI is InChI=1S/C13H17N4O3/c1-8(2)12-13(17(18)19)16(9(3)15-12)10-5-6-14-11(7-10)20-4/h5-8,18H,1-4H3/q-1. The van der Waals surface area contributed by atoms with Gasteiger partial charge in [0.2, 0.25) is 5.88 Å². The molecule has 0 aromatic carbocycles. The number of aryl methyl sites for hydroxylation is 1. The molecular formula is C13H17N4O3-. The maximum absolute atomic E-state index is 11.5. The van der Waals surface area contributed by atoms with E-state index in [1.54, 1.807) is 29.8 Å². The molecule has 0 aliphatic heterocycles. The van der Waals surface area contributed by atoms with Crippen molar-refractivity contribution in [3.63, 3.8) is 0 Å². The molecule has 0 saturated carbocycles. The second-order valence-electron chi connectivity index (χ2n) is 4.69. The number of pyridine rings is 1. The van der Waals surface area contributed by atoms with Gasteiger partial charge in [0.15, 0.2) is 5.82 Å². The summed E-state index contributed by atoms with van der Waals surface area (Å²) in [6.45, 7) is 5.59. The number of rotatable bonds is 4. The molecule has 108 valence electrons. The highest BCUT2D eigenvalue weighted by Gasteiger charge is 2.19. The normalized spacial score (nSPS) is 10.9. The van der Waals surface area contributed by atoms with Gasteiger partial charge >= 0.3 is 0 Å². The van der Waals surface area contributed by atoms with Crippen LogP contribution in [-0.2, 0) is 0 Å². The molecule has 0 unspecified atom stereocenters. The molecule has 0 aliphatic carbocycles. The minimum Gasteiger partial charge on any atom is -0.732 e. The zero-order valence-corrected chi connectivity index (χ0v) is 11.9. The molecule has 0 fully saturated rings. The van der Waals surface area contributed by atoms with Crippen molar-refractivity contribution < 1.29 is 9.94 Å². The average molecular weight is 277 g/mol. The van der Waals surface area contributed by atoms with E-state index in [1.165, 1.54) is 7.11 Å². The maximum Gasteiger partial charge on any atom is 0.215 e. The lowest BCUT2D eigenvalue weighted by atomic mass is 10.1. The number of hydrogen-bond donors (Lipinski definition) is 1. The lowest BCUT2D eigenvalue weighted by Crippen LogP contribution is -2.15. The van der Waals surface area contributed by atoms with Gasteiger partial charge in [0.1, 0.15) is 5.82 Å². The van der Waals surface area contributed by atoms with Gasteiger partial charge in [-0.25, -0.2) is 9.97 Å². The predicted molar refractivity (Wildman–Crippen MR) is 74.4 cm³/mol. The van der Waals surface area contributed by atoms with Crippen molar-refractivity contribution in [2.24, 2.45) is 0 Å². The van der Waals surface area contributed by atoms with E-state index in [0.29, 0.717) is 23.1 Å². The topological polar surface area (TPSA) is 86.5 Å². The Kier molecular flexibility index (Phi) is 3.91. The van der Waals surface area contributed by atoms with Gasteiger partial charge in [0.25, 0.3) is 0 Å². The third-order valence-corrected chi connectivity index (χ3v) is 2.96. The van der Waals surface area contributed by atoms with Crippen molar-refractivity contribution in [2.45, 2.75) is 26.7 Å². The van der Waals surface area contributed by atoms with E-state index in [4.69, 9.17) is 4.74 Å². The van der Waals surface area contributed by atoms with Crippen LogP contribution in [0.5, 0.6) is 5.88 Å². The highest BCUT2D eigenvalue weighted by Crippen LogP contribution is 2.31. The van der Waals surface area contributed by atoms with Crippen LogP contribution in [0, 0.1) is 12.1 Å². The zero-order chi connectivity index (χ0) is 14.9. The van der Waals surface area contributed by atoms with E-state index in [-0.39, 0.29) is 17.0 Å². The van der Waals surface area contributed by atoms with Gasteiger partial charge in [-0.15, -0.1) is 0 Å². The zero-order valence-electron chi connectivity index (χ0n) is 11.9. The number of aromatic nitrogens is 3. The summed E-state index contributed by atoms with van der Waals surface area (Å²) in [5.74, 6) is 1.14. The molecule has 2 heterocycles. The van der Waals surface area contributed by atoms with Crippen LogP contribution < -0.4 is 9.96 Å².